The fourth-order valence-electron chi connectivity index (χ4n) is 1.81. The zero-order valence-electron chi connectivity index (χ0n) is 11.1. The number of anilines is 1. The Morgan fingerprint density at radius 1 is 1.44 bits per heavy atom. The van der Waals surface area contributed by atoms with Crippen molar-refractivity contribution < 1.29 is 4.39 Å². The van der Waals surface area contributed by atoms with Crippen molar-refractivity contribution >= 4 is 17.0 Å². The molecule has 2 aromatic heterocycles. The van der Waals surface area contributed by atoms with Crippen molar-refractivity contribution in [3.63, 3.8) is 0 Å². The molecule has 1 unspecified atom stereocenters. The topological polar surface area (TPSA) is 66.5 Å². The van der Waals surface area contributed by atoms with E-state index in [1.165, 1.54) is 6.33 Å². The summed E-state index contributed by atoms with van der Waals surface area (Å²) in [6.07, 6.45) is 1.63. The van der Waals surface area contributed by atoms with Crippen molar-refractivity contribution in [2.24, 2.45) is 5.92 Å². The smallest absolute Gasteiger partial charge is 0.312 e. The molecule has 98 valence electrons. The maximum absolute atomic E-state index is 13.3. The second kappa shape index (κ2) is 4.51. The third kappa shape index (κ3) is 2.14. The van der Waals surface area contributed by atoms with Gasteiger partial charge in [-0.1, -0.05) is 20.8 Å². The molecule has 18 heavy (non-hydrogen) atoms. The molecule has 2 aromatic rings. The van der Waals surface area contributed by atoms with Gasteiger partial charge < -0.3 is 10.3 Å². The van der Waals surface area contributed by atoms with E-state index in [0.29, 0.717) is 22.9 Å². The van der Waals surface area contributed by atoms with Gasteiger partial charge in [-0.25, -0.2) is 4.98 Å². The molecule has 0 aliphatic rings. The normalized spacial score (nSPS) is 15.0. The molecule has 5 nitrogen and oxygen atoms in total. The first-order valence-corrected chi connectivity index (χ1v) is 6.11. The van der Waals surface area contributed by atoms with Crippen LogP contribution in [0.3, 0.4) is 0 Å². The molecule has 0 aromatic carbocycles. The molecule has 6 heteroatoms. The maximum Gasteiger partial charge on any atom is 0.312 e. The molecule has 0 aliphatic heterocycles. The van der Waals surface area contributed by atoms with Gasteiger partial charge in [0.15, 0.2) is 11.5 Å². The molecule has 0 bridgehead atoms. The van der Waals surface area contributed by atoms with Crippen LogP contribution < -0.4 is 5.32 Å². The fourth-order valence-corrected chi connectivity index (χ4v) is 1.81. The zero-order valence-corrected chi connectivity index (χ0v) is 11.1. The highest BCUT2D eigenvalue weighted by Gasteiger charge is 2.27. The number of rotatable bonds is 4. The van der Waals surface area contributed by atoms with Crippen LogP contribution in [0.15, 0.2) is 6.33 Å². The molecule has 0 spiro atoms. The van der Waals surface area contributed by atoms with Crippen molar-refractivity contribution in [2.75, 3.05) is 5.32 Å². The van der Waals surface area contributed by atoms with E-state index in [9.17, 15) is 4.39 Å². The monoisotopic (exact) mass is 251 g/mol. The number of aromatic nitrogens is 4. The average molecular weight is 251 g/mol. The van der Waals surface area contributed by atoms with Gasteiger partial charge in [0.05, 0.1) is 6.33 Å². The Morgan fingerprint density at radius 3 is 2.78 bits per heavy atom. The molecule has 0 amide bonds. The first-order valence-electron chi connectivity index (χ1n) is 6.11. The van der Waals surface area contributed by atoms with Crippen molar-refractivity contribution in [3.05, 3.63) is 12.4 Å². The first kappa shape index (κ1) is 12.7. The van der Waals surface area contributed by atoms with Crippen LogP contribution in [0.4, 0.5) is 10.2 Å². The first-order chi connectivity index (χ1) is 8.46. The zero-order chi connectivity index (χ0) is 13.3. The molecule has 2 rings (SSSR count). The van der Waals surface area contributed by atoms with Crippen LogP contribution in [0.2, 0.25) is 0 Å². The van der Waals surface area contributed by atoms with E-state index in [-0.39, 0.29) is 5.54 Å². The molecule has 0 radical (unpaired) electrons. The second-order valence-corrected chi connectivity index (χ2v) is 4.99. The lowest BCUT2D eigenvalue weighted by Gasteiger charge is -2.34. The van der Waals surface area contributed by atoms with Gasteiger partial charge in [-0.3, -0.25) is 0 Å². The summed E-state index contributed by atoms with van der Waals surface area (Å²) in [5.74, 6) is 0.853. The summed E-state index contributed by atoms with van der Waals surface area (Å²) < 4.78 is 13.3. The molecule has 0 saturated heterocycles. The number of aromatic amines is 1. The lowest BCUT2D eigenvalue weighted by molar-refractivity contribution is 0.360. The van der Waals surface area contributed by atoms with E-state index in [1.54, 1.807) is 0 Å². The van der Waals surface area contributed by atoms with E-state index in [4.69, 9.17) is 0 Å². The largest absolute Gasteiger partial charge is 0.363 e. The van der Waals surface area contributed by atoms with Crippen molar-refractivity contribution in [2.45, 2.75) is 39.7 Å². The van der Waals surface area contributed by atoms with Gasteiger partial charge in [0.1, 0.15) is 5.52 Å². The van der Waals surface area contributed by atoms with E-state index in [1.807, 2.05) is 0 Å². The quantitative estimate of drug-likeness (QED) is 0.820. The highest BCUT2D eigenvalue weighted by Crippen LogP contribution is 2.27. The summed E-state index contributed by atoms with van der Waals surface area (Å²) in [6, 6.07) is 0. The minimum Gasteiger partial charge on any atom is -0.363 e. The third-order valence-electron chi connectivity index (χ3n) is 3.67. The van der Waals surface area contributed by atoms with Crippen LogP contribution in [-0.2, 0) is 0 Å². The van der Waals surface area contributed by atoms with Crippen LogP contribution in [0, 0.1) is 12.0 Å². The molecule has 0 fully saturated rings. The Hall–Kier alpha value is -1.72. The van der Waals surface area contributed by atoms with Crippen LogP contribution in [0.1, 0.15) is 34.1 Å². The van der Waals surface area contributed by atoms with Gasteiger partial charge in [-0.15, -0.1) is 0 Å². The molecular formula is C12H18FN5. The highest BCUT2D eigenvalue weighted by atomic mass is 19.1. The molecule has 2 N–H and O–H groups in total. The standard InChI is InChI=1S/C12H18FN5/c1-5-12(4,7(2)3)18-10-8-9(15-6-14-8)16-11(13)17-10/h6-7H,5H2,1-4H3,(H2,14,15,16,17,18). The Balaban J connectivity index is 2.45. The fraction of sp³-hybridized carbons (Fsp3) is 0.583. The predicted molar refractivity (Wildman–Crippen MR) is 68.8 cm³/mol. The molecular weight excluding hydrogens is 233 g/mol. The lowest BCUT2D eigenvalue weighted by Crippen LogP contribution is -2.40. The lowest BCUT2D eigenvalue weighted by atomic mass is 9.86. The van der Waals surface area contributed by atoms with Gasteiger partial charge in [0.2, 0.25) is 0 Å². The summed E-state index contributed by atoms with van der Waals surface area (Å²) in [6.45, 7) is 8.44. The van der Waals surface area contributed by atoms with Crippen LogP contribution in [0.25, 0.3) is 11.2 Å². The van der Waals surface area contributed by atoms with E-state index in [2.05, 4.69) is 52.9 Å². The predicted octanol–water partition coefficient (Wildman–Crippen LogP) is 2.73. The Labute approximate surface area is 105 Å². The molecule has 2 heterocycles. The van der Waals surface area contributed by atoms with Gasteiger partial charge >= 0.3 is 6.08 Å². The number of nitrogens with one attached hydrogen (secondary N) is 2. The molecule has 0 aliphatic carbocycles. The maximum atomic E-state index is 13.3. The number of hydrogen-bond donors (Lipinski definition) is 2. The number of H-pyrrole nitrogens is 1. The number of halogens is 1. The minimum absolute atomic E-state index is 0.154. The SMILES string of the molecule is CCC(C)(Nc1nc(F)nc2nc[nH]c12)C(C)C. The van der Waals surface area contributed by atoms with E-state index >= 15 is 0 Å². The van der Waals surface area contributed by atoms with Crippen molar-refractivity contribution in [3.8, 4) is 0 Å². The highest BCUT2D eigenvalue weighted by molar-refractivity contribution is 5.82. The van der Waals surface area contributed by atoms with Gasteiger partial charge in [0.25, 0.3) is 0 Å². The summed E-state index contributed by atoms with van der Waals surface area (Å²) >= 11 is 0. The van der Waals surface area contributed by atoms with E-state index in [0.717, 1.165) is 6.42 Å². The molecule has 1 atom stereocenters. The summed E-state index contributed by atoms with van der Waals surface area (Å²) in [4.78, 5) is 14.4. The number of imidazole rings is 1. The number of nitrogens with zero attached hydrogens (tertiary/aromatic N) is 3. The third-order valence-corrected chi connectivity index (χ3v) is 3.67. The van der Waals surface area contributed by atoms with Crippen LogP contribution in [0.5, 0.6) is 0 Å². The van der Waals surface area contributed by atoms with Crippen molar-refractivity contribution in [1.29, 1.82) is 0 Å². The molecule has 0 saturated carbocycles. The average Bonchev–Trinajstić information content (AvgIpc) is 2.76. The Morgan fingerprint density at radius 2 is 2.17 bits per heavy atom. The minimum atomic E-state index is -0.765. The van der Waals surface area contributed by atoms with Crippen LogP contribution >= 0.6 is 0 Å². The van der Waals surface area contributed by atoms with Crippen LogP contribution in [-0.4, -0.2) is 25.5 Å². The summed E-state index contributed by atoms with van der Waals surface area (Å²) in [5, 5.41) is 3.31. The van der Waals surface area contributed by atoms with Gasteiger partial charge in [0, 0.05) is 5.54 Å². The van der Waals surface area contributed by atoms with E-state index < -0.39 is 6.08 Å². The van der Waals surface area contributed by atoms with Gasteiger partial charge in [-0.2, -0.15) is 14.4 Å². The number of fused-ring (bicyclic) bond motifs is 1. The Kier molecular flexibility index (Phi) is 3.19. The summed E-state index contributed by atoms with van der Waals surface area (Å²) in [5.41, 5.74) is 0.822. The Bertz CT molecular complexity index is 550. The second-order valence-electron chi connectivity index (χ2n) is 4.99. The van der Waals surface area contributed by atoms with Gasteiger partial charge in [-0.05, 0) is 19.3 Å². The van der Waals surface area contributed by atoms with Crippen molar-refractivity contribution in [1.82, 2.24) is 19.9 Å². The number of hydrogen-bond acceptors (Lipinski definition) is 4. The summed E-state index contributed by atoms with van der Waals surface area (Å²) in [7, 11) is 0.